The monoisotopic (exact) mass is 851 g/mol. The number of carbonyl (C=O) groups excluding carboxylic acids is 4. The van der Waals surface area contributed by atoms with E-state index in [4.69, 9.17) is 18.9 Å². The summed E-state index contributed by atoms with van der Waals surface area (Å²) in [4.78, 5) is 48.5. The summed E-state index contributed by atoms with van der Waals surface area (Å²) in [7, 11) is 0. The van der Waals surface area contributed by atoms with Crippen molar-refractivity contribution in [1.29, 1.82) is 0 Å². The van der Waals surface area contributed by atoms with Gasteiger partial charge in [-0.05, 0) is 89.9 Å². The molecule has 0 aromatic heterocycles. The van der Waals surface area contributed by atoms with Gasteiger partial charge in [0.1, 0.15) is 12.2 Å². The van der Waals surface area contributed by atoms with Gasteiger partial charge in [0.15, 0.2) is 0 Å². The van der Waals surface area contributed by atoms with Crippen molar-refractivity contribution in [2.75, 3.05) is 13.2 Å². The Balaban J connectivity index is 3.72. The minimum Gasteiger partial charge on any atom is -0.466 e. The van der Waals surface area contributed by atoms with Crippen LogP contribution in [0.25, 0.3) is 0 Å². The quantitative estimate of drug-likeness (QED) is 0.0339. The zero-order valence-corrected chi connectivity index (χ0v) is 40.1. The second kappa shape index (κ2) is 46.4. The van der Waals surface area contributed by atoms with Crippen LogP contribution < -0.4 is 0 Å². The van der Waals surface area contributed by atoms with Gasteiger partial charge in [0.05, 0.1) is 13.2 Å². The number of rotatable bonds is 47. The number of hydrogen-bond donors (Lipinski definition) is 0. The molecule has 0 aliphatic rings. The van der Waals surface area contributed by atoms with Crippen LogP contribution in [-0.2, 0) is 38.1 Å². The average Bonchev–Trinajstić information content (AvgIpc) is 3.22. The summed E-state index contributed by atoms with van der Waals surface area (Å²) in [5.74, 6) is -0.250. The van der Waals surface area contributed by atoms with Crippen LogP contribution in [0.3, 0.4) is 0 Å². The number of carbonyl (C=O) groups is 4. The van der Waals surface area contributed by atoms with E-state index in [0.29, 0.717) is 38.9 Å². The Hall–Kier alpha value is -2.12. The largest absolute Gasteiger partial charge is 0.466 e. The van der Waals surface area contributed by atoms with E-state index in [2.05, 4.69) is 13.8 Å². The van der Waals surface area contributed by atoms with Crippen LogP contribution in [0.4, 0.5) is 0 Å². The molecule has 0 rings (SSSR count). The van der Waals surface area contributed by atoms with Crippen LogP contribution in [-0.4, -0.2) is 49.3 Å². The molecule has 354 valence electrons. The third-order valence-electron chi connectivity index (χ3n) is 11.6. The van der Waals surface area contributed by atoms with Gasteiger partial charge in [0.2, 0.25) is 0 Å². The van der Waals surface area contributed by atoms with E-state index >= 15 is 0 Å². The number of unbranched alkanes of at least 4 members (excludes halogenated alkanes) is 25. The standard InChI is InChI=1S/C52H98O8/c1-5-9-11-13-15-22-30-40-48(60-52(56)38-8-4)42-32-24-20-26-34-44-50(54)58-46-36-28-19-18-27-35-45-57-49(53)43-33-25-17-16-23-31-41-47(59-51(55)37-7-3)39-29-21-14-12-10-6-2/h47-48H,5-46H2,1-4H3. The van der Waals surface area contributed by atoms with Gasteiger partial charge in [-0.25, -0.2) is 0 Å². The summed E-state index contributed by atoms with van der Waals surface area (Å²) >= 11 is 0. The molecule has 8 nitrogen and oxygen atoms in total. The second-order valence-electron chi connectivity index (χ2n) is 17.7. The first kappa shape index (κ1) is 57.9. The molecule has 0 amide bonds. The maximum Gasteiger partial charge on any atom is 0.306 e. The number of hydrogen-bond acceptors (Lipinski definition) is 8. The fourth-order valence-corrected chi connectivity index (χ4v) is 7.85. The van der Waals surface area contributed by atoms with E-state index in [1.165, 1.54) is 70.6 Å². The SMILES string of the molecule is CCCCCCCCCC(CCCCCCCC(=O)OCCCCCCCCOC(=O)CCCCCCCCC(CCCCCCCC)OC(=O)CCC)OC(=O)CCC. The first-order valence-electron chi connectivity index (χ1n) is 26.1. The Labute approximate surface area is 370 Å². The highest BCUT2D eigenvalue weighted by molar-refractivity contribution is 5.70. The first-order chi connectivity index (χ1) is 29.4. The van der Waals surface area contributed by atoms with Gasteiger partial charge in [-0.15, -0.1) is 0 Å². The Kier molecular flexibility index (Phi) is 44.7. The highest BCUT2D eigenvalue weighted by Gasteiger charge is 2.15. The van der Waals surface area contributed by atoms with Crippen molar-refractivity contribution in [2.24, 2.45) is 0 Å². The van der Waals surface area contributed by atoms with Crippen LogP contribution in [0.5, 0.6) is 0 Å². The smallest absolute Gasteiger partial charge is 0.306 e. The third-order valence-corrected chi connectivity index (χ3v) is 11.6. The van der Waals surface area contributed by atoms with Gasteiger partial charge >= 0.3 is 23.9 Å². The molecule has 0 aromatic carbocycles. The predicted molar refractivity (Wildman–Crippen MR) is 249 cm³/mol. The lowest BCUT2D eigenvalue weighted by Crippen LogP contribution is -2.18. The minimum atomic E-state index is -0.0832. The van der Waals surface area contributed by atoms with Crippen molar-refractivity contribution in [3.8, 4) is 0 Å². The molecule has 0 radical (unpaired) electrons. The molecule has 0 heterocycles. The maximum atomic E-state index is 12.2. The maximum absolute atomic E-state index is 12.2. The Bertz CT molecular complexity index is 968. The Morgan fingerprint density at radius 3 is 0.850 bits per heavy atom. The van der Waals surface area contributed by atoms with Crippen molar-refractivity contribution in [3.05, 3.63) is 0 Å². The molecule has 0 aliphatic carbocycles. The van der Waals surface area contributed by atoms with Crippen molar-refractivity contribution in [3.63, 3.8) is 0 Å². The highest BCUT2D eigenvalue weighted by atomic mass is 16.5. The van der Waals surface area contributed by atoms with Gasteiger partial charge in [0.25, 0.3) is 0 Å². The lowest BCUT2D eigenvalue weighted by atomic mass is 10.0. The third kappa shape index (κ3) is 42.6. The van der Waals surface area contributed by atoms with Crippen LogP contribution in [0.2, 0.25) is 0 Å². The molecule has 0 aliphatic heterocycles. The zero-order valence-electron chi connectivity index (χ0n) is 40.1. The lowest BCUT2D eigenvalue weighted by Gasteiger charge is -2.18. The lowest BCUT2D eigenvalue weighted by molar-refractivity contribution is -0.150. The Morgan fingerprint density at radius 1 is 0.283 bits per heavy atom. The van der Waals surface area contributed by atoms with Crippen LogP contribution in [0.15, 0.2) is 0 Å². The summed E-state index contributed by atoms with van der Waals surface area (Å²) in [6.45, 7) is 9.54. The molecule has 0 saturated heterocycles. The van der Waals surface area contributed by atoms with Crippen molar-refractivity contribution in [2.45, 2.75) is 297 Å². The average molecular weight is 851 g/mol. The van der Waals surface area contributed by atoms with Gasteiger partial charge in [-0.2, -0.15) is 0 Å². The van der Waals surface area contributed by atoms with Gasteiger partial charge < -0.3 is 18.9 Å². The van der Waals surface area contributed by atoms with E-state index in [9.17, 15) is 19.2 Å². The van der Waals surface area contributed by atoms with Crippen LogP contribution >= 0.6 is 0 Å². The van der Waals surface area contributed by atoms with Gasteiger partial charge in [-0.3, -0.25) is 19.2 Å². The zero-order chi connectivity index (χ0) is 44.0. The first-order valence-corrected chi connectivity index (χ1v) is 26.1. The van der Waals surface area contributed by atoms with E-state index in [1.54, 1.807) is 0 Å². The van der Waals surface area contributed by atoms with Crippen LogP contribution in [0, 0.1) is 0 Å². The van der Waals surface area contributed by atoms with E-state index < -0.39 is 0 Å². The summed E-state index contributed by atoms with van der Waals surface area (Å²) in [6, 6.07) is 0. The summed E-state index contributed by atoms with van der Waals surface area (Å²) in [5.41, 5.74) is 0. The summed E-state index contributed by atoms with van der Waals surface area (Å²) in [6.07, 6.45) is 42.0. The molecule has 60 heavy (non-hydrogen) atoms. The molecular weight excluding hydrogens is 753 g/mol. The molecular formula is C52H98O8. The van der Waals surface area contributed by atoms with Gasteiger partial charge in [-0.1, -0.05) is 169 Å². The molecule has 0 spiro atoms. The van der Waals surface area contributed by atoms with Crippen LogP contribution in [0.1, 0.15) is 285 Å². The summed E-state index contributed by atoms with van der Waals surface area (Å²) < 4.78 is 22.5. The normalized spacial score (nSPS) is 12.3. The fourth-order valence-electron chi connectivity index (χ4n) is 7.85. The minimum absolute atomic E-state index is 0.0415. The topological polar surface area (TPSA) is 105 Å². The summed E-state index contributed by atoms with van der Waals surface area (Å²) in [5, 5.41) is 0. The molecule has 0 aromatic rings. The second-order valence-corrected chi connectivity index (χ2v) is 17.7. The molecule has 2 atom stereocenters. The predicted octanol–water partition coefficient (Wildman–Crippen LogP) is 15.6. The molecule has 0 bridgehead atoms. The number of ether oxygens (including phenoxy) is 4. The van der Waals surface area contributed by atoms with Gasteiger partial charge in [0, 0.05) is 25.7 Å². The van der Waals surface area contributed by atoms with Crippen molar-refractivity contribution >= 4 is 23.9 Å². The fraction of sp³-hybridized carbons (Fsp3) is 0.923. The Morgan fingerprint density at radius 2 is 0.550 bits per heavy atom. The molecule has 0 fully saturated rings. The van der Waals surface area contributed by atoms with Crippen molar-refractivity contribution in [1.82, 2.24) is 0 Å². The molecule has 0 N–H and O–H groups in total. The van der Waals surface area contributed by atoms with E-state index in [0.717, 1.165) is 161 Å². The molecule has 2 unspecified atom stereocenters. The highest BCUT2D eigenvalue weighted by Crippen LogP contribution is 2.20. The van der Waals surface area contributed by atoms with Crippen molar-refractivity contribution < 1.29 is 38.1 Å². The van der Waals surface area contributed by atoms with E-state index in [-0.39, 0.29) is 36.1 Å². The molecule has 0 saturated carbocycles. The molecule has 8 heteroatoms. The number of esters is 4. The van der Waals surface area contributed by atoms with E-state index in [1.807, 2.05) is 13.8 Å².